The molecular formula is C32H19FN2S. The van der Waals surface area contributed by atoms with Crippen molar-refractivity contribution in [2.24, 2.45) is 0 Å². The molecule has 0 aliphatic carbocycles. The number of pyridine rings is 2. The molecule has 0 aliphatic rings. The lowest BCUT2D eigenvalue weighted by molar-refractivity contribution is 0.628. The summed E-state index contributed by atoms with van der Waals surface area (Å²) in [5, 5.41) is 3.54. The average molecular weight is 483 g/mol. The normalized spacial score (nSPS) is 11.5. The van der Waals surface area contributed by atoms with Crippen LogP contribution in [-0.4, -0.2) is 9.97 Å². The SMILES string of the molecule is Fc1ccc(-c2ccc3cc(-c4ccc(-c5ccc6sc7ncccc7c6c5)cc4)cnc3c2)cc1. The topological polar surface area (TPSA) is 25.8 Å². The van der Waals surface area contributed by atoms with Gasteiger partial charge >= 0.3 is 0 Å². The van der Waals surface area contributed by atoms with Gasteiger partial charge in [-0.05, 0) is 76.3 Å². The fourth-order valence-corrected chi connectivity index (χ4v) is 5.77. The molecule has 0 spiro atoms. The number of fused-ring (bicyclic) bond motifs is 4. The Kier molecular flexibility index (Phi) is 4.86. The Morgan fingerprint density at radius 1 is 0.556 bits per heavy atom. The second-order valence-corrected chi connectivity index (χ2v) is 9.92. The van der Waals surface area contributed by atoms with Crippen LogP contribution >= 0.6 is 11.3 Å². The second-order valence-electron chi connectivity index (χ2n) is 8.88. The van der Waals surface area contributed by atoms with Crippen molar-refractivity contribution in [2.45, 2.75) is 0 Å². The van der Waals surface area contributed by atoms with E-state index >= 15 is 0 Å². The van der Waals surface area contributed by atoms with E-state index in [4.69, 9.17) is 4.98 Å². The maximum atomic E-state index is 13.3. The van der Waals surface area contributed by atoms with Crippen LogP contribution in [0.4, 0.5) is 4.39 Å². The molecular weight excluding hydrogens is 463 g/mol. The Bertz CT molecular complexity index is 1890. The molecule has 2 nitrogen and oxygen atoms in total. The highest BCUT2D eigenvalue weighted by Gasteiger charge is 2.09. The molecule has 170 valence electrons. The summed E-state index contributed by atoms with van der Waals surface area (Å²) in [5.41, 5.74) is 7.51. The Balaban J connectivity index is 1.20. The highest BCUT2D eigenvalue weighted by atomic mass is 32.1. The first kappa shape index (κ1) is 20.9. The molecule has 36 heavy (non-hydrogen) atoms. The third-order valence-corrected chi connectivity index (χ3v) is 7.76. The van der Waals surface area contributed by atoms with E-state index in [0.717, 1.165) is 38.0 Å². The first-order valence-electron chi connectivity index (χ1n) is 11.8. The third kappa shape index (κ3) is 3.63. The fourth-order valence-electron chi connectivity index (χ4n) is 4.75. The molecule has 0 saturated heterocycles. The molecule has 0 unspecified atom stereocenters. The number of thiophene rings is 1. The maximum Gasteiger partial charge on any atom is 0.124 e. The number of rotatable bonds is 3. The van der Waals surface area contributed by atoms with Gasteiger partial charge in [-0.3, -0.25) is 4.98 Å². The van der Waals surface area contributed by atoms with Gasteiger partial charge in [0.05, 0.1) is 5.52 Å². The van der Waals surface area contributed by atoms with Crippen molar-refractivity contribution in [3.05, 3.63) is 121 Å². The van der Waals surface area contributed by atoms with Gasteiger partial charge < -0.3 is 0 Å². The molecule has 0 N–H and O–H groups in total. The lowest BCUT2D eigenvalue weighted by atomic mass is 9.98. The van der Waals surface area contributed by atoms with Crippen molar-refractivity contribution in [1.29, 1.82) is 0 Å². The standard InChI is InChI=1S/C32H19FN2S/c33-27-12-9-21(10-13-27)24-7-8-25-16-26(19-35-30(25)18-24)22-5-3-20(4-6-22)23-11-14-31-29(17-23)28-2-1-15-34-32(28)36-31/h1-19H. The zero-order valence-corrected chi connectivity index (χ0v) is 20.0. The van der Waals surface area contributed by atoms with Crippen molar-refractivity contribution < 1.29 is 4.39 Å². The summed E-state index contributed by atoms with van der Waals surface area (Å²) in [6.45, 7) is 0. The van der Waals surface area contributed by atoms with Gasteiger partial charge in [0.1, 0.15) is 10.6 Å². The molecule has 4 heteroatoms. The highest BCUT2D eigenvalue weighted by molar-refractivity contribution is 7.25. The van der Waals surface area contributed by atoms with E-state index in [-0.39, 0.29) is 5.82 Å². The number of benzene rings is 4. The van der Waals surface area contributed by atoms with Gasteiger partial charge in [-0.25, -0.2) is 9.37 Å². The summed E-state index contributed by atoms with van der Waals surface area (Å²) in [6.07, 6.45) is 3.77. The summed E-state index contributed by atoms with van der Waals surface area (Å²) < 4.78 is 14.5. The first-order chi connectivity index (χ1) is 17.7. The molecule has 0 bridgehead atoms. The van der Waals surface area contributed by atoms with Crippen LogP contribution in [0.25, 0.3) is 64.6 Å². The van der Waals surface area contributed by atoms with Gasteiger partial charge in [-0.2, -0.15) is 0 Å². The van der Waals surface area contributed by atoms with Gasteiger partial charge in [0.15, 0.2) is 0 Å². The molecule has 7 aromatic rings. The Labute approximate surface area is 211 Å². The van der Waals surface area contributed by atoms with Gasteiger partial charge in [-0.1, -0.05) is 54.6 Å². The lowest BCUT2D eigenvalue weighted by Crippen LogP contribution is -1.86. The maximum absolute atomic E-state index is 13.3. The van der Waals surface area contributed by atoms with Gasteiger partial charge in [0, 0.05) is 38.8 Å². The molecule has 0 atom stereocenters. The Morgan fingerprint density at radius 3 is 2.03 bits per heavy atom. The molecule has 3 heterocycles. The van der Waals surface area contributed by atoms with Crippen molar-refractivity contribution in [3.63, 3.8) is 0 Å². The van der Waals surface area contributed by atoms with E-state index in [0.29, 0.717) is 0 Å². The van der Waals surface area contributed by atoms with Crippen LogP contribution in [0.2, 0.25) is 0 Å². The zero-order valence-electron chi connectivity index (χ0n) is 19.2. The summed E-state index contributed by atoms with van der Waals surface area (Å²) in [6, 6.07) is 34.3. The van der Waals surface area contributed by atoms with Crippen LogP contribution in [-0.2, 0) is 0 Å². The molecule has 0 saturated carbocycles. The van der Waals surface area contributed by atoms with E-state index in [1.165, 1.54) is 38.7 Å². The number of aromatic nitrogens is 2. The van der Waals surface area contributed by atoms with E-state index in [1.807, 2.05) is 18.5 Å². The summed E-state index contributed by atoms with van der Waals surface area (Å²) in [5.74, 6) is -0.230. The van der Waals surface area contributed by atoms with Gasteiger partial charge in [-0.15, -0.1) is 11.3 Å². The summed E-state index contributed by atoms with van der Waals surface area (Å²) in [7, 11) is 0. The number of halogens is 1. The minimum Gasteiger partial charge on any atom is -0.256 e. The molecule has 0 amide bonds. The molecule has 0 aliphatic heterocycles. The van der Waals surface area contributed by atoms with Crippen LogP contribution < -0.4 is 0 Å². The molecule has 0 radical (unpaired) electrons. The monoisotopic (exact) mass is 482 g/mol. The van der Waals surface area contributed by atoms with E-state index < -0.39 is 0 Å². The third-order valence-electron chi connectivity index (χ3n) is 6.66. The quantitative estimate of drug-likeness (QED) is 0.251. The molecule has 0 fully saturated rings. The second kappa shape index (κ2) is 8.36. The highest BCUT2D eigenvalue weighted by Crippen LogP contribution is 2.36. The van der Waals surface area contributed by atoms with Crippen LogP contribution in [0.1, 0.15) is 0 Å². The fraction of sp³-hybridized carbons (Fsp3) is 0. The number of hydrogen-bond donors (Lipinski definition) is 0. The lowest BCUT2D eigenvalue weighted by Gasteiger charge is -2.08. The summed E-state index contributed by atoms with van der Waals surface area (Å²) in [4.78, 5) is 10.3. The zero-order chi connectivity index (χ0) is 24.1. The van der Waals surface area contributed by atoms with Crippen molar-refractivity contribution >= 4 is 42.5 Å². The minimum absolute atomic E-state index is 0.230. The molecule has 4 aromatic carbocycles. The van der Waals surface area contributed by atoms with Crippen molar-refractivity contribution in [1.82, 2.24) is 9.97 Å². The molecule has 7 rings (SSSR count). The number of nitrogens with zero attached hydrogens (tertiary/aromatic N) is 2. The summed E-state index contributed by atoms with van der Waals surface area (Å²) >= 11 is 1.73. The van der Waals surface area contributed by atoms with Crippen molar-refractivity contribution in [2.75, 3.05) is 0 Å². The van der Waals surface area contributed by atoms with E-state index in [1.54, 1.807) is 23.5 Å². The van der Waals surface area contributed by atoms with Crippen LogP contribution in [0.15, 0.2) is 116 Å². The van der Waals surface area contributed by atoms with Crippen LogP contribution in [0.5, 0.6) is 0 Å². The first-order valence-corrected chi connectivity index (χ1v) is 12.6. The molecule has 3 aromatic heterocycles. The van der Waals surface area contributed by atoms with E-state index in [9.17, 15) is 4.39 Å². The van der Waals surface area contributed by atoms with E-state index in [2.05, 4.69) is 77.8 Å². The predicted molar refractivity (Wildman–Crippen MR) is 149 cm³/mol. The largest absolute Gasteiger partial charge is 0.256 e. The minimum atomic E-state index is -0.230. The Morgan fingerprint density at radius 2 is 1.22 bits per heavy atom. The van der Waals surface area contributed by atoms with Gasteiger partial charge in [0.2, 0.25) is 0 Å². The smallest absolute Gasteiger partial charge is 0.124 e. The van der Waals surface area contributed by atoms with Gasteiger partial charge in [0.25, 0.3) is 0 Å². The van der Waals surface area contributed by atoms with Crippen LogP contribution in [0, 0.1) is 5.82 Å². The van der Waals surface area contributed by atoms with Crippen LogP contribution in [0.3, 0.4) is 0 Å². The Hall–Kier alpha value is -4.41. The predicted octanol–water partition coefficient (Wildman–Crippen LogP) is 9.14. The average Bonchev–Trinajstić information content (AvgIpc) is 3.31. The number of hydrogen-bond acceptors (Lipinski definition) is 3. The van der Waals surface area contributed by atoms with Crippen molar-refractivity contribution in [3.8, 4) is 33.4 Å².